The van der Waals surface area contributed by atoms with E-state index in [0.717, 1.165) is 16.8 Å². The second-order valence-electron chi connectivity index (χ2n) is 8.32. The van der Waals surface area contributed by atoms with Crippen molar-refractivity contribution in [2.75, 3.05) is 12.4 Å². The lowest BCUT2D eigenvalue weighted by Gasteiger charge is -2.27. The van der Waals surface area contributed by atoms with Crippen molar-refractivity contribution in [3.63, 3.8) is 0 Å². The van der Waals surface area contributed by atoms with Crippen LogP contribution in [0.25, 0.3) is 11.5 Å². The van der Waals surface area contributed by atoms with E-state index in [1.165, 1.54) is 0 Å². The Balaban J connectivity index is 1.68. The summed E-state index contributed by atoms with van der Waals surface area (Å²) >= 11 is 0. The van der Waals surface area contributed by atoms with Gasteiger partial charge in [-0.2, -0.15) is 14.3 Å². The second-order valence-corrected chi connectivity index (χ2v) is 8.32. The molecule has 0 radical (unpaired) electrons. The average Bonchev–Trinajstić information content (AvgIpc) is 3.32. The number of hydrogen-bond acceptors (Lipinski definition) is 7. The van der Waals surface area contributed by atoms with Gasteiger partial charge in [-0.05, 0) is 45.9 Å². The van der Waals surface area contributed by atoms with Gasteiger partial charge < -0.3 is 14.8 Å². The molecule has 1 unspecified atom stereocenters. The van der Waals surface area contributed by atoms with E-state index < -0.39 is 0 Å². The number of rotatable bonds is 5. The molecule has 0 fully saturated rings. The van der Waals surface area contributed by atoms with Crippen LogP contribution >= 0.6 is 0 Å². The molecule has 0 aliphatic carbocycles. The molecule has 170 valence electrons. The van der Waals surface area contributed by atoms with Crippen LogP contribution in [0.1, 0.15) is 48.8 Å². The minimum Gasteiger partial charge on any atom is -0.493 e. The van der Waals surface area contributed by atoms with E-state index in [9.17, 15) is 4.79 Å². The molecule has 10 heteroatoms. The number of amides is 1. The molecule has 5 rings (SSSR count). The zero-order valence-corrected chi connectivity index (χ0v) is 19.2. The highest BCUT2D eigenvalue weighted by atomic mass is 16.5. The molecule has 33 heavy (non-hydrogen) atoms. The SMILES string of the molecule is COc1cccc(C2CC(=O)Nc3c2c(C)nn3-c2ccc3nnc(C)n3n2)c1OC(C)C. The molecule has 10 nitrogen and oxygen atoms in total. The monoisotopic (exact) mass is 447 g/mol. The van der Waals surface area contributed by atoms with Crippen LogP contribution in [0.5, 0.6) is 11.5 Å². The number of carbonyl (C=O) groups is 1. The summed E-state index contributed by atoms with van der Waals surface area (Å²) in [6.07, 6.45) is 0.224. The third-order valence-electron chi connectivity index (χ3n) is 5.68. The number of ether oxygens (including phenoxy) is 2. The average molecular weight is 447 g/mol. The quantitative estimate of drug-likeness (QED) is 0.500. The van der Waals surface area contributed by atoms with Crippen molar-refractivity contribution >= 4 is 17.4 Å². The van der Waals surface area contributed by atoms with Crippen LogP contribution in [-0.4, -0.2) is 48.7 Å². The number of aromatic nitrogens is 6. The summed E-state index contributed by atoms with van der Waals surface area (Å²) in [6, 6.07) is 9.39. The van der Waals surface area contributed by atoms with Crippen LogP contribution in [0.2, 0.25) is 0 Å². The Morgan fingerprint density at radius 1 is 1.12 bits per heavy atom. The predicted octanol–water partition coefficient (Wildman–Crippen LogP) is 3.20. The number of aryl methyl sites for hydroxylation is 2. The Labute approximate surface area is 190 Å². The zero-order valence-electron chi connectivity index (χ0n) is 19.2. The van der Waals surface area contributed by atoms with E-state index in [-0.39, 0.29) is 24.3 Å². The fraction of sp³-hybridized carbons (Fsp3) is 0.348. The molecule has 0 saturated heterocycles. The van der Waals surface area contributed by atoms with Crippen molar-refractivity contribution in [1.82, 2.24) is 29.6 Å². The van der Waals surface area contributed by atoms with Gasteiger partial charge in [-0.15, -0.1) is 15.3 Å². The number of para-hydroxylation sites is 1. The normalized spacial score (nSPS) is 15.6. The minimum absolute atomic E-state index is 0.0521. The largest absolute Gasteiger partial charge is 0.493 e. The molecule has 3 aromatic heterocycles. The van der Waals surface area contributed by atoms with Gasteiger partial charge in [-0.1, -0.05) is 12.1 Å². The standard InChI is InChI=1S/C23H25N7O3/c1-12(2)33-22-15(7-6-8-17(22)32-5)16-11-20(31)24-23-21(16)13(3)27-30(23)19-10-9-18-26-25-14(4)29(18)28-19/h6-10,12,16H,11H2,1-5H3,(H,24,31). The fourth-order valence-electron chi connectivity index (χ4n) is 4.31. The first-order chi connectivity index (χ1) is 15.9. The Hall–Kier alpha value is -3.95. The molecule has 1 N–H and O–H groups in total. The maximum Gasteiger partial charge on any atom is 0.226 e. The molecule has 1 aromatic carbocycles. The maximum absolute atomic E-state index is 12.8. The van der Waals surface area contributed by atoms with Crippen molar-refractivity contribution in [2.24, 2.45) is 0 Å². The van der Waals surface area contributed by atoms with Crippen molar-refractivity contribution < 1.29 is 14.3 Å². The van der Waals surface area contributed by atoms with Gasteiger partial charge in [0.2, 0.25) is 5.91 Å². The van der Waals surface area contributed by atoms with Crippen LogP contribution in [0.3, 0.4) is 0 Å². The van der Waals surface area contributed by atoms with Crippen molar-refractivity contribution in [1.29, 1.82) is 0 Å². The van der Waals surface area contributed by atoms with Crippen LogP contribution < -0.4 is 14.8 Å². The Bertz CT molecular complexity index is 1370. The molecule has 0 saturated carbocycles. The van der Waals surface area contributed by atoms with E-state index in [0.29, 0.717) is 34.6 Å². The van der Waals surface area contributed by atoms with Crippen molar-refractivity contribution in [3.8, 4) is 17.3 Å². The second kappa shape index (κ2) is 7.88. The fourth-order valence-corrected chi connectivity index (χ4v) is 4.31. The third-order valence-corrected chi connectivity index (χ3v) is 5.68. The summed E-state index contributed by atoms with van der Waals surface area (Å²) in [4.78, 5) is 12.8. The number of anilines is 1. The minimum atomic E-state index is -0.244. The summed E-state index contributed by atoms with van der Waals surface area (Å²) in [5.74, 6) is 2.75. The number of methoxy groups -OCH3 is 1. The molecule has 1 amide bonds. The van der Waals surface area contributed by atoms with Gasteiger partial charge in [-0.3, -0.25) is 4.79 Å². The van der Waals surface area contributed by atoms with Gasteiger partial charge in [0.05, 0.1) is 18.9 Å². The van der Waals surface area contributed by atoms with Gasteiger partial charge >= 0.3 is 0 Å². The van der Waals surface area contributed by atoms with Crippen molar-refractivity contribution in [2.45, 2.75) is 46.1 Å². The first kappa shape index (κ1) is 20.9. The highest BCUT2D eigenvalue weighted by Gasteiger charge is 2.35. The number of carbonyl (C=O) groups excluding carboxylic acids is 1. The molecular weight excluding hydrogens is 422 g/mol. The number of nitrogens with one attached hydrogen (secondary N) is 1. The zero-order chi connectivity index (χ0) is 23.3. The molecule has 0 bridgehead atoms. The van der Waals surface area contributed by atoms with E-state index in [1.54, 1.807) is 16.3 Å². The molecule has 4 aromatic rings. The summed E-state index contributed by atoms with van der Waals surface area (Å²) in [7, 11) is 1.61. The molecule has 0 spiro atoms. The van der Waals surface area contributed by atoms with E-state index in [2.05, 4.69) is 20.6 Å². The summed E-state index contributed by atoms with van der Waals surface area (Å²) < 4.78 is 15.0. The molecule has 4 heterocycles. The number of nitrogens with zero attached hydrogens (tertiary/aromatic N) is 6. The van der Waals surface area contributed by atoms with E-state index in [1.807, 2.05) is 58.0 Å². The molecular formula is C23H25N7O3. The predicted molar refractivity (Wildman–Crippen MR) is 121 cm³/mol. The van der Waals surface area contributed by atoms with Gasteiger partial charge in [0.15, 0.2) is 28.8 Å². The van der Waals surface area contributed by atoms with Crippen LogP contribution in [0.4, 0.5) is 5.82 Å². The summed E-state index contributed by atoms with van der Waals surface area (Å²) in [5, 5.41) is 20.5. The molecule has 1 atom stereocenters. The van der Waals surface area contributed by atoms with Gasteiger partial charge in [0.1, 0.15) is 5.82 Å². The first-order valence-electron chi connectivity index (χ1n) is 10.8. The summed E-state index contributed by atoms with van der Waals surface area (Å²) in [5.41, 5.74) is 3.26. The molecule has 1 aliphatic heterocycles. The van der Waals surface area contributed by atoms with Gasteiger partial charge in [-0.25, -0.2) is 0 Å². The van der Waals surface area contributed by atoms with Crippen LogP contribution in [0, 0.1) is 13.8 Å². The van der Waals surface area contributed by atoms with Crippen molar-refractivity contribution in [3.05, 3.63) is 53.0 Å². The summed E-state index contributed by atoms with van der Waals surface area (Å²) in [6.45, 7) is 7.70. The lowest BCUT2D eigenvalue weighted by Crippen LogP contribution is -2.25. The first-order valence-corrected chi connectivity index (χ1v) is 10.8. The van der Waals surface area contributed by atoms with E-state index >= 15 is 0 Å². The lowest BCUT2D eigenvalue weighted by molar-refractivity contribution is -0.116. The topological polar surface area (TPSA) is 108 Å². The lowest BCUT2D eigenvalue weighted by atomic mass is 9.85. The number of benzene rings is 1. The Morgan fingerprint density at radius 3 is 2.70 bits per heavy atom. The number of hydrogen-bond donors (Lipinski definition) is 1. The van der Waals surface area contributed by atoms with Gasteiger partial charge in [0.25, 0.3) is 0 Å². The van der Waals surface area contributed by atoms with Gasteiger partial charge in [0, 0.05) is 23.5 Å². The molecule has 1 aliphatic rings. The highest BCUT2D eigenvalue weighted by molar-refractivity contribution is 5.95. The Morgan fingerprint density at radius 2 is 1.94 bits per heavy atom. The smallest absolute Gasteiger partial charge is 0.226 e. The highest BCUT2D eigenvalue weighted by Crippen LogP contribution is 2.46. The van der Waals surface area contributed by atoms with E-state index in [4.69, 9.17) is 14.6 Å². The van der Waals surface area contributed by atoms with Crippen LogP contribution in [-0.2, 0) is 4.79 Å². The number of fused-ring (bicyclic) bond motifs is 2. The van der Waals surface area contributed by atoms with Crippen LogP contribution in [0.15, 0.2) is 30.3 Å². The maximum atomic E-state index is 12.8. The third kappa shape index (κ3) is 3.47. The Kier molecular flexibility index (Phi) is 4.99.